The highest BCUT2D eigenvalue weighted by atomic mass is 32.2. The standard InChI is InChI=1S/C12H24N2O3S/c1-9(8-18(2,16)17)14-12(15)11-5-3-10(7-13)4-6-11/h9-11H,3-8,13H2,1-2H3,(H,14,15). The first-order valence-corrected chi connectivity index (χ1v) is 8.56. The molecule has 1 fully saturated rings. The van der Waals surface area contributed by atoms with E-state index in [1.54, 1.807) is 6.92 Å². The third kappa shape index (κ3) is 5.35. The Bertz CT molecular complexity index is 373. The van der Waals surface area contributed by atoms with Gasteiger partial charge >= 0.3 is 0 Å². The summed E-state index contributed by atoms with van der Waals surface area (Å²) in [6.07, 6.45) is 4.89. The van der Waals surface area contributed by atoms with Gasteiger partial charge in [-0.25, -0.2) is 8.42 Å². The highest BCUT2D eigenvalue weighted by Crippen LogP contribution is 2.28. The van der Waals surface area contributed by atoms with Crippen molar-refractivity contribution in [2.75, 3.05) is 18.6 Å². The molecule has 1 unspecified atom stereocenters. The zero-order chi connectivity index (χ0) is 13.8. The molecule has 1 aliphatic carbocycles. The Morgan fingerprint density at radius 3 is 2.33 bits per heavy atom. The van der Waals surface area contributed by atoms with Crippen LogP contribution in [0.1, 0.15) is 32.6 Å². The zero-order valence-corrected chi connectivity index (χ0v) is 12.0. The molecule has 3 N–H and O–H groups in total. The van der Waals surface area contributed by atoms with Crippen LogP contribution in [0.2, 0.25) is 0 Å². The monoisotopic (exact) mass is 276 g/mol. The van der Waals surface area contributed by atoms with Gasteiger partial charge in [0, 0.05) is 18.2 Å². The molecule has 0 heterocycles. The number of nitrogens with one attached hydrogen (secondary N) is 1. The molecule has 1 aliphatic rings. The molecule has 0 saturated heterocycles. The molecular formula is C12H24N2O3S. The average Bonchev–Trinajstić information content (AvgIpc) is 2.26. The van der Waals surface area contributed by atoms with Gasteiger partial charge in [-0.15, -0.1) is 0 Å². The predicted octanol–water partition coefficient (Wildman–Crippen LogP) is 0.301. The van der Waals surface area contributed by atoms with E-state index in [-0.39, 0.29) is 23.6 Å². The summed E-state index contributed by atoms with van der Waals surface area (Å²) in [4.78, 5) is 12.0. The van der Waals surface area contributed by atoms with Gasteiger partial charge < -0.3 is 11.1 Å². The van der Waals surface area contributed by atoms with E-state index in [9.17, 15) is 13.2 Å². The molecule has 18 heavy (non-hydrogen) atoms. The molecule has 5 nitrogen and oxygen atoms in total. The van der Waals surface area contributed by atoms with Gasteiger partial charge in [0.1, 0.15) is 9.84 Å². The fourth-order valence-electron chi connectivity index (χ4n) is 2.52. The van der Waals surface area contributed by atoms with Gasteiger partial charge in [-0.1, -0.05) is 0 Å². The van der Waals surface area contributed by atoms with Crippen molar-refractivity contribution in [2.24, 2.45) is 17.6 Å². The van der Waals surface area contributed by atoms with Crippen LogP contribution in [0.4, 0.5) is 0 Å². The van der Waals surface area contributed by atoms with Gasteiger partial charge in [-0.05, 0) is 45.1 Å². The van der Waals surface area contributed by atoms with E-state index in [4.69, 9.17) is 5.73 Å². The second-order valence-electron chi connectivity index (χ2n) is 5.46. The topological polar surface area (TPSA) is 89.3 Å². The Labute approximate surface area is 109 Å². The summed E-state index contributed by atoms with van der Waals surface area (Å²) < 4.78 is 22.2. The third-order valence-corrected chi connectivity index (χ3v) is 4.60. The van der Waals surface area contributed by atoms with Gasteiger partial charge in [0.25, 0.3) is 0 Å². The molecule has 0 aromatic heterocycles. The number of nitrogens with two attached hydrogens (primary N) is 1. The summed E-state index contributed by atoms with van der Waals surface area (Å²) in [5.74, 6) is 0.551. The molecule has 1 saturated carbocycles. The lowest BCUT2D eigenvalue weighted by Gasteiger charge is -2.27. The highest BCUT2D eigenvalue weighted by Gasteiger charge is 2.26. The van der Waals surface area contributed by atoms with Crippen molar-refractivity contribution < 1.29 is 13.2 Å². The first-order chi connectivity index (χ1) is 8.31. The summed E-state index contributed by atoms with van der Waals surface area (Å²) in [6.45, 7) is 2.42. The van der Waals surface area contributed by atoms with Crippen LogP contribution in [0, 0.1) is 11.8 Å². The number of sulfone groups is 1. The number of amides is 1. The van der Waals surface area contributed by atoms with Gasteiger partial charge in [0.2, 0.25) is 5.91 Å². The van der Waals surface area contributed by atoms with Crippen molar-refractivity contribution in [1.82, 2.24) is 5.32 Å². The quantitative estimate of drug-likeness (QED) is 0.756. The van der Waals surface area contributed by atoms with Crippen LogP contribution in [0.25, 0.3) is 0 Å². The minimum Gasteiger partial charge on any atom is -0.352 e. The van der Waals surface area contributed by atoms with Crippen LogP contribution in [0.3, 0.4) is 0 Å². The second-order valence-corrected chi connectivity index (χ2v) is 7.64. The van der Waals surface area contributed by atoms with Gasteiger partial charge in [-0.3, -0.25) is 4.79 Å². The SMILES string of the molecule is CC(CS(C)(=O)=O)NC(=O)C1CCC(CN)CC1. The van der Waals surface area contributed by atoms with E-state index in [0.29, 0.717) is 12.5 Å². The molecular weight excluding hydrogens is 252 g/mol. The maximum absolute atomic E-state index is 12.0. The third-order valence-electron chi connectivity index (χ3n) is 3.49. The van der Waals surface area contributed by atoms with Crippen molar-refractivity contribution in [1.29, 1.82) is 0 Å². The van der Waals surface area contributed by atoms with Crippen molar-refractivity contribution in [3.63, 3.8) is 0 Å². The molecule has 1 atom stereocenters. The van der Waals surface area contributed by atoms with Crippen LogP contribution in [0.5, 0.6) is 0 Å². The Balaban J connectivity index is 2.37. The molecule has 0 spiro atoms. The van der Waals surface area contributed by atoms with Gasteiger partial charge in [-0.2, -0.15) is 0 Å². The van der Waals surface area contributed by atoms with E-state index >= 15 is 0 Å². The maximum Gasteiger partial charge on any atom is 0.223 e. The van der Waals surface area contributed by atoms with E-state index in [1.165, 1.54) is 6.26 Å². The average molecular weight is 276 g/mol. The normalized spacial score (nSPS) is 26.6. The van der Waals surface area contributed by atoms with Gasteiger partial charge in [0.05, 0.1) is 5.75 Å². The highest BCUT2D eigenvalue weighted by molar-refractivity contribution is 7.90. The minimum absolute atomic E-state index is 0.00309. The first-order valence-electron chi connectivity index (χ1n) is 6.50. The van der Waals surface area contributed by atoms with Crippen LogP contribution < -0.4 is 11.1 Å². The molecule has 0 aromatic rings. The number of hydrogen-bond donors (Lipinski definition) is 2. The second kappa shape index (κ2) is 6.52. The number of carbonyl (C=O) groups excluding carboxylic acids is 1. The number of carbonyl (C=O) groups is 1. The van der Waals surface area contributed by atoms with E-state index in [1.807, 2.05) is 0 Å². The van der Waals surface area contributed by atoms with Crippen molar-refractivity contribution in [3.05, 3.63) is 0 Å². The molecule has 0 aliphatic heterocycles. The molecule has 1 amide bonds. The Morgan fingerprint density at radius 1 is 1.33 bits per heavy atom. The van der Waals surface area contributed by atoms with Crippen LogP contribution in [-0.4, -0.2) is 38.9 Å². The van der Waals surface area contributed by atoms with Crippen LogP contribution in [0.15, 0.2) is 0 Å². The Kier molecular flexibility index (Phi) is 5.59. The molecule has 0 aromatic carbocycles. The summed E-state index contributed by atoms with van der Waals surface area (Å²) in [5.41, 5.74) is 5.61. The van der Waals surface area contributed by atoms with Gasteiger partial charge in [0.15, 0.2) is 0 Å². The van der Waals surface area contributed by atoms with Crippen molar-refractivity contribution in [3.8, 4) is 0 Å². The molecule has 0 bridgehead atoms. The molecule has 0 radical (unpaired) electrons. The first kappa shape index (κ1) is 15.4. The smallest absolute Gasteiger partial charge is 0.223 e. The summed E-state index contributed by atoms with van der Waals surface area (Å²) in [7, 11) is -3.04. The predicted molar refractivity (Wildman–Crippen MR) is 71.8 cm³/mol. The largest absolute Gasteiger partial charge is 0.352 e. The molecule has 6 heteroatoms. The minimum atomic E-state index is -3.04. The van der Waals surface area contributed by atoms with Crippen molar-refractivity contribution in [2.45, 2.75) is 38.6 Å². The summed E-state index contributed by atoms with van der Waals surface area (Å²) >= 11 is 0. The lowest BCUT2D eigenvalue weighted by atomic mass is 9.81. The number of hydrogen-bond acceptors (Lipinski definition) is 4. The van der Waals surface area contributed by atoms with E-state index in [2.05, 4.69) is 5.32 Å². The lowest BCUT2D eigenvalue weighted by Crippen LogP contribution is -2.42. The molecule has 1 rings (SSSR count). The van der Waals surface area contributed by atoms with Crippen molar-refractivity contribution >= 4 is 15.7 Å². The fourth-order valence-corrected chi connectivity index (χ4v) is 3.51. The number of rotatable bonds is 5. The zero-order valence-electron chi connectivity index (χ0n) is 11.2. The summed E-state index contributed by atoms with van der Waals surface area (Å²) in [6, 6.07) is -0.320. The Morgan fingerprint density at radius 2 is 1.89 bits per heavy atom. The maximum atomic E-state index is 12.0. The Hall–Kier alpha value is -0.620. The van der Waals surface area contributed by atoms with E-state index < -0.39 is 9.84 Å². The van der Waals surface area contributed by atoms with Crippen LogP contribution in [-0.2, 0) is 14.6 Å². The lowest BCUT2D eigenvalue weighted by molar-refractivity contribution is -0.126. The molecule has 106 valence electrons. The van der Waals surface area contributed by atoms with E-state index in [0.717, 1.165) is 25.7 Å². The summed E-state index contributed by atoms with van der Waals surface area (Å²) in [5, 5.41) is 2.79. The van der Waals surface area contributed by atoms with Crippen LogP contribution >= 0.6 is 0 Å². The fraction of sp³-hybridized carbons (Fsp3) is 0.917.